The van der Waals surface area contributed by atoms with Crippen LogP contribution >= 0.6 is 0 Å². The summed E-state index contributed by atoms with van der Waals surface area (Å²) in [4.78, 5) is 12.5. The smallest absolute Gasteiger partial charge is 0.145 e. The molecule has 0 radical (unpaired) electrons. The van der Waals surface area contributed by atoms with E-state index in [1.807, 2.05) is 19.2 Å². The normalized spacial score (nSPS) is 10.2. The number of nitrogens with zero attached hydrogens (tertiary/aromatic N) is 3. The number of nitrogen functional groups attached to an aromatic ring is 1. The number of rotatable bonds is 4. The molecule has 2 aromatic heterocycles. The second-order valence-electron chi connectivity index (χ2n) is 3.99. The highest BCUT2D eigenvalue weighted by atomic mass is 15.3. The summed E-state index contributed by atoms with van der Waals surface area (Å²) in [5.74, 6) is 7.33. The van der Waals surface area contributed by atoms with Gasteiger partial charge in [-0.15, -0.1) is 0 Å². The third-order valence-corrected chi connectivity index (χ3v) is 2.59. The van der Waals surface area contributed by atoms with E-state index in [0.29, 0.717) is 18.2 Å². The molecule has 0 spiro atoms. The third kappa shape index (κ3) is 2.92. The van der Waals surface area contributed by atoms with Gasteiger partial charge in [-0.25, -0.2) is 15.8 Å². The van der Waals surface area contributed by atoms with Crippen LogP contribution in [0.15, 0.2) is 24.5 Å². The minimum Gasteiger partial charge on any atom is -0.366 e. The van der Waals surface area contributed by atoms with Crippen molar-refractivity contribution in [1.29, 1.82) is 0 Å². The van der Waals surface area contributed by atoms with E-state index < -0.39 is 0 Å². The molecule has 0 fully saturated rings. The number of aromatic nitrogens is 3. The van der Waals surface area contributed by atoms with Gasteiger partial charge in [-0.1, -0.05) is 0 Å². The van der Waals surface area contributed by atoms with Gasteiger partial charge in [-0.2, -0.15) is 0 Å². The van der Waals surface area contributed by atoms with Crippen molar-refractivity contribution in [3.8, 4) is 0 Å². The molecule has 2 rings (SSSR count). The van der Waals surface area contributed by atoms with Crippen LogP contribution in [0.1, 0.15) is 17.0 Å². The Hall–Kier alpha value is -2.21. The Labute approximate surface area is 106 Å². The van der Waals surface area contributed by atoms with Crippen molar-refractivity contribution < 1.29 is 0 Å². The topological polar surface area (TPSA) is 88.8 Å². The molecule has 0 unspecified atom stereocenters. The molecular weight excluding hydrogens is 228 g/mol. The van der Waals surface area contributed by atoms with Gasteiger partial charge in [0.2, 0.25) is 0 Å². The van der Waals surface area contributed by atoms with Gasteiger partial charge in [-0.3, -0.25) is 4.98 Å². The highest BCUT2D eigenvalue weighted by Crippen LogP contribution is 2.12. The van der Waals surface area contributed by atoms with Crippen LogP contribution in [0.3, 0.4) is 0 Å². The molecule has 0 saturated heterocycles. The van der Waals surface area contributed by atoms with Gasteiger partial charge >= 0.3 is 0 Å². The number of nitrogens with two attached hydrogens (primary N) is 1. The number of hydrogen-bond donors (Lipinski definition) is 3. The molecule has 6 nitrogen and oxygen atoms in total. The zero-order chi connectivity index (χ0) is 13.0. The first-order valence-corrected chi connectivity index (χ1v) is 5.64. The quantitative estimate of drug-likeness (QED) is 0.556. The molecule has 2 aromatic rings. The van der Waals surface area contributed by atoms with Crippen molar-refractivity contribution in [2.75, 3.05) is 10.7 Å². The first kappa shape index (κ1) is 12.3. The van der Waals surface area contributed by atoms with Gasteiger partial charge in [0, 0.05) is 25.0 Å². The number of pyridine rings is 1. The van der Waals surface area contributed by atoms with Gasteiger partial charge in [0.1, 0.15) is 17.5 Å². The molecule has 6 heteroatoms. The number of anilines is 2. The van der Waals surface area contributed by atoms with Gasteiger partial charge in [0.15, 0.2) is 0 Å². The monoisotopic (exact) mass is 244 g/mol. The molecule has 0 amide bonds. The van der Waals surface area contributed by atoms with E-state index in [1.165, 1.54) is 5.56 Å². The van der Waals surface area contributed by atoms with Crippen LogP contribution in [0.5, 0.6) is 0 Å². The summed E-state index contributed by atoms with van der Waals surface area (Å²) in [5.41, 5.74) is 4.84. The van der Waals surface area contributed by atoms with Crippen molar-refractivity contribution in [2.24, 2.45) is 5.84 Å². The molecule has 0 saturated carbocycles. The van der Waals surface area contributed by atoms with Crippen molar-refractivity contribution in [3.05, 3.63) is 41.5 Å². The summed E-state index contributed by atoms with van der Waals surface area (Å²) in [6, 6.07) is 3.74. The molecule has 0 aromatic carbocycles. The minimum absolute atomic E-state index is 0.591. The van der Waals surface area contributed by atoms with E-state index in [2.05, 4.69) is 32.6 Å². The van der Waals surface area contributed by atoms with Crippen molar-refractivity contribution >= 4 is 11.6 Å². The maximum absolute atomic E-state index is 5.34. The van der Waals surface area contributed by atoms with Gasteiger partial charge in [0.05, 0.1) is 0 Å². The van der Waals surface area contributed by atoms with E-state index in [0.717, 1.165) is 11.4 Å². The largest absolute Gasteiger partial charge is 0.366 e. The molecule has 0 bridgehead atoms. The highest BCUT2D eigenvalue weighted by molar-refractivity contribution is 5.47. The fourth-order valence-electron chi connectivity index (χ4n) is 1.60. The molecule has 0 aliphatic rings. The SMILES string of the molecule is Cc1nc(NN)cc(NCc2cnccc2C)n1. The standard InChI is InChI=1S/C12H16N6/c1-8-3-4-14-6-10(8)7-15-11-5-12(18-13)17-9(2)16-11/h3-6H,7,13H2,1-2H3,(H2,15,16,17,18). The third-order valence-electron chi connectivity index (χ3n) is 2.59. The highest BCUT2D eigenvalue weighted by Gasteiger charge is 2.02. The second kappa shape index (κ2) is 5.42. The summed E-state index contributed by atoms with van der Waals surface area (Å²) in [7, 11) is 0. The zero-order valence-electron chi connectivity index (χ0n) is 10.4. The van der Waals surface area contributed by atoms with Gasteiger partial charge in [-0.05, 0) is 31.0 Å². The number of nitrogens with one attached hydrogen (secondary N) is 2. The lowest BCUT2D eigenvalue weighted by molar-refractivity contribution is 1.01. The first-order valence-electron chi connectivity index (χ1n) is 5.64. The van der Waals surface area contributed by atoms with E-state index in [9.17, 15) is 0 Å². The molecule has 94 valence electrons. The zero-order valence-corrected chi connectivity index (χ0v) is 10.4. The lowest BCUT2D eigenvalue weighted by atomic mass is 10.1. The van der Waals surface area contributed by atoms with Gasteiger partial charge in [0.25, 0.3) is 0 Å². The Morgan fingerprint density at radius 2 is 2.00 bits per heavy atom. The van der Waals surface area contributed by atoms with E-state index >= 15 is 0 Å². The van der Waals surface area contributed by atoms with E-state index in [4.69, 9.17) is 5.84 Å². The lowest BCUT2D eigenvalue weighted by Crippen LogP contribution is -2.11. The molecule has 0 atom stereocenters. The average Bonchev–Trinajstić information content (AvgIpc) is 2.37. The van der Waals surface area contributed by atoms with Crippen LogP contribution in [-0.4, -0.2) is 15.0 Å². The molecule has 0 aliphatic carbocycles. The Morgan fingerprint density at radius 3 is 2.72 bits per heavy atom. The Morgan fingerprint density at radius 1 is 1.22 bits per heavy atom. The summed E-state index contributed by atoms with van der Waals surface area (Å²) < 4.78 is 0. The van der Waals surface area contributed by atoms with Crippen LogP contribution in [0.2, 0.25) is 0 Å². The Kier molecular flexibility index (Phi) is 3.69. The Balaban J connectivity index is 2.11. The van der Waals surface area contributed by atoms with Crippen molar-refractivity contribution in [2.45, 2.75) is 20.4 Å². The average molecular weight is 244 g/mol. The van der Waals surface area contributed by atoms with Crippen LogP contribution in [0, 0.1) is 13.8 Å². The number of hydrazine groups is 1. The summed E-state index contributed by atoms with van der Waals surface area (Å²) in [6.07, 6.45) is 3.63. The Bertz CT molecular complexity index is 540. The van der Waals surface area contributed by atoms with Crippen LogP contribution in [-0.2, 0) is 6.54 Å². The van der Waals surface area contributed by atoms with E-state index in [1.54, 1.807) is 12.3 Å². The predicted octanol–water partition coefficient (Wildman–Crippen LogP) is 1.39. The van der Waals surface area contributed by atoms with E-state index in [-0.39, 0.29) is 0 Å². The van der Waals surface area contributed by atoms with Crippen molar-refractivity contribution in [3.63, 3.8) is 0 Å². The molecular formula is C12H16N6. The number of hydrogen-bond acceptors (Lipinski definition) is 6. The lowest BCUT2D eigenvalue weighted by Gasteiger charge is -2.09. The summed E-state index contributed by atoms with van der Waals surface area (Å²) >= 11 is 0. The first-order chi connectivity index (χ1) is 8.69. The number of aryl methyl sites for hydroxylation is 2. The second-order valence-corrected chi connectivity index (χ2v) is 3.99. The minimum atomic E-state index is 0.591. The maximum atomic E-state index is 5.34. The van der Waals surface area contributed by atoms with Crippen LogP contribution in [0.25, 0.3) is 0 Å². The van der Waals surface area contributed by atoms with Crippen LogP contribution < -0.4 is 16.6 Å². The van der Waals surface area contributed by atoms with Crippen molar-refractivity contribution in [1.82, 2.24) is 15.0 Å². The molecule has 2 heterocycles. The maximum Gasteiger partial charge on any atom is 0.145 e. The summed E-state index contributed by atoms with van der Waals surface area (Å²) in [6.45, 7) is 4.54. The van der Waals surface area contributed by atoms with Crippen LogP contribution in [0.4, 0.5) is 11.6 Å². The molecule has 18 heavy (non-hydrogen) atoms. The fraction of sp³-hybridized carbons (Fsp3) is 0.250. The molecule has 4 N–H and O–H groups in total. The molecule has 0 aliphatic heterocycles. The fourth-order valence-corrected chi connectivity index (χ4v) is 1.60. The van der Waals surface area contributed by atoms with Gasteiger partial charge < -0.3 is 10.7 Å². The summed E-state index contributed by atoms with van der Waals surface area (Å²) in [5, 5.41) is 3.23. The predicted molar refractivity (Wildman–Crippen MR) is 70.9 cm³/mol.